The molecule has 142 valence electrons. The Hall–Kier alpha value is -2.91. The van der Waals surface area contributed by atoms with E-state index >= 15 is 0 Å². The maximum atomic E-state index is 12.8. The van der Waals surface area contributed by atoms with E-state index in [9.17, 15) is 13.2 Å². The summed E-state index contributed by atoms with van der Waals surface area (Å²) in [5.74, 6) is 1.30. The summed E-state index contributed by atoms with van der Waals surface area (Å²) in [5, 5.41) is 16.5. The number of rotatable bonds is 3. The average Bonchev–Trinajstić information content (AvgIpc) is 3.31. The lowest BCUT2D eigenvalue weighted by atomic mass is 10.1. The third kappa shape index (κ3) is 3.64. The van der Waals surface area contributed by atoms with Crippen LogP contribution in [0.25, 0.3) is 5.82 Å². The summed E-state index contributed by atoms with van der Waals surface area (Å²) in [6.07, 6.45) is 0.394. The molecule has 10 heteroatoms. The van der Waals surface area contributed by atoms with Crippen molar-refractivity contribution in [3.05, 3.63) is 48.0 Å². The van der Waals surface area contributed by atoms with Crippen LogP contribution in [0, 0.1) is 6.92 Å². The predicted octanol–water partition coefficient (Wildman–Crippen LogP) is 3.03. The molecule has 0 aliphatic carbocycles. The summed E-state index contributed by atoms with van der Waals surface area (Å²) < 4.78 is 41.4. The molecule has 3 aromatic heterocycles. The summed E-state index contributed by atoms with van der Waals surface area (Å²) in [6.45, 7) is 3.21. The Morgan fingerprint density at radius 2 is 1.78 bits per heavy atom. The number of nitrogens with zero attached hydrogens (tertiary/aromatic N) is 7. The van der Waals surface area contributed by atoms with Gasteiger partial charge >= 0.3 is 6.18 Å². The zero-order valence-electron chi connectivity index (χ0n) is 14.6. The van der Waals surface area contributed by atoms with E-state index in [-0.39, 0.29) is 6.04 Å². The highest BCUT2D eigenvalue weighted by Gasteiger charge is 2.34. The quantitative estimate of drug-likeness (QED) is 0.702. The molecule has 0 amide bonds. The zero-order chi connectivity index (χ0) is 19.0. The third-order valence-electron chi connectivity index (χ3n) is 4.59. The molecule has 1 aliphatic heterocycles. The van der Waals surface area contributed by atoms with Gasteiger partial charge in [-0.1, -0.05) is 0 Å². The molecular formula is C17H18F3N7. The Bertz CT molecular complexity index is 913. The molecule has 7 nitrogen and oxygen atoms in total. The second-order valence-electron chi connectivity index (χ2n) is 6.57. The fourth-order valence-electron chi connectivity index (χ4n) is 3.22. The van der Waals surface area contributed by atoms with Crippen LogP contribution in [0.1, 0.15) is 30.3 Å². The molecular weight excluding hydrogens is 359 g/mol. The Balaban J connectivity index is 1.49. The molecule has 3 aromatic rings. The van der Waals surface area contributed by atoms with Crippen molar-refractivity contribution in [2.24, 2.45) is 0 Å². The van der Waals surface area contributed by atoms with Gasteiger partial charge in [-0.3, -0.25) is 4.68 Å². The third-order valence-corrected chi connectivity index (χ3v) is 4.59. The second-order valence-corrected chi connectivity index (χ2v) is 6.57. The van der Waals surface area contributed by atoms with Gasteiger partial charge in [-0.15, -0.1) is 10.2 Å². The number of hydrogen-bond donors (Lipinski definition) is 0. The van der Waals surface area contributed by atoms with Gasteiger partial charge in [-0.05, 0) is 44.0 Å². The molecule has 0 bridgehead atoms. The van der Waals surface area contributed by atoms with Crippen LogP contribution >= 0.6 is 0 Å². The van der Waals surface area contributed by atoms with Gasteiger partial charge in [-0.2, -0.15) is 23.4 Å². The topological polar surface area (TPSA) is 64.7 Å². The van der Waals surface area contributed by atoms with E-state index < -0.39 is 11.9 Å². The van der Waals surface area contributed by atoms with E-state index in [4.69, 9.17) is 0 Å². The van der Waals surface area contributed by atoms with Crippen molar-refractivity contribution in [2.45, 2.75) is 32.0 Å². The lowest BCUT2D eigenvalue weighted by molar-refractivity contribution is -0.141. The maximum Gasteiger partial charge on any atom is 0.435 e. The van der Waals surface area contributed by atoms with E-state index in [0.29, 0.717) is 18.2 Å². The van der Waals surface area contributed by atoms with Crippen molar-refractivity contribution in [2.75, 3.05) is 18.0 Å². The molecule has 1 fully saturated rings. The summed E-state index contributed by atoms with van der Waals surface area (Å²) in [7, 11) is 0. The standard InChI is InChI=1S/C17H18F3N7/c1-12-6-9-27(23-12)16-5-4-15(21-22-16)25-8-2-3-13(11-25)26-10-7-14(24-26)17(18,19)20/h4-7,9-10,13H,2-3,8,11H2,1H3. The number of piperidine rings is 1. The van der Waals surface area contributed by atoms with Crippen LogP contribution in [-0.4, -0.2) is 42.8 Å². The fourth-order valence-corrected chi connectivity index (χ4v) is 3.22. The molecule has 0 spiro atoms. The van der Waals surface area contributed by atoms with Gasteiger partial charge in [0.05, 0.1) is 11.7 Å². The summed E-state index contributed by atoms with van der Waals surface area (Å²) >= 11 is 0. The van der Waals surface area contributed by atoms with E-state index in [1.165, 1.54) is 10.9 Å². The largest absolute Gasteiger partial charge is 0.435 e. The van der Waals surface area contributed by atoms with Gasteiger partial charge in [0.2, 0.25) is 0 Å². The molecule has 0 radical (unpaired) electrons. The van der Waals surface area contributed by atoms with E-state index in [2.05, 4.69) is 20.4 Å². The minimum Gasteiger partial charge on any atom is -0.353 e. The van der Waals surface area contributed by atoms with Crippen LogP contribution in [0.4, 0.5) is 19.0 Å². The minimum absolute atomic E-state index is 0.134. The number of aromatic nitrogens is 6. The van der Waals surface area contributed by atoms with Gasteiger partial charge < -0.3 is 4.90 Å². The Morgan fingerprint density at radius 3 is 2.41 bits per heavy atom. The molecule has 1 saturated heterocycles. The lowest BCUT2D eigenvalue weighted by Gasteiger charge is -2.33. The summed E-state index contributed by atoms with van der Waals surface area (Å²) in [6, 6.07) is 6.44. The Kier molecular flexibility index (Phi) is 4.33. The van der Waals surface area contributed by atoms with Crippen LogP contribution < -0.4 is 4.90 Å². The van der Waals surface area contributed by atoms with Gasteiger partial charge in [0.1, 0.15) is 0 Å². The van der Waals surface area contributed by atoms with Crippen molar-refractivity contribution < 1.29 is 13.2 Å². The van der Waals surface area contributed by atoms with Gasteiger partial charge in [-0.25, -0.2) is 4.68 Å². The molecule has 27 heavy (non-hydrogen) atoms. The predicted molar refractivity (Wildman–Crippen MR) is 91.6 cm³/mol. The Morgan fingerprint density at radius 1 is 1.00 bits per heavy atom. The highest BCUT2D eigenvalue weighted by molar-refractivity contribution is 5.40. The van der Waals surface area contributed by atoms with Gasteiger partial charge in [0.15, 0.2) is 17.3 Å². The van der Waals surface area contributed by atoms with Crippen LogP contribution in [-0.2, 0) is 6.18 Å². The smallest absolute Gasteiger partial charge is 0.353 e. The van der Waals surface area contributed by atoms with Gasteiger partial charge in [0.25, 0.3) is 0 Å². The van der Waals surface area contributed by atoms with Crippen molar-refractivity contribution in [1.29, 1.82) is 0 Å². The molecule has 4 heterocycles. The molecule has 1 unspecified atom stereocenters. The van der Waals surface area contributed by atoms with Crippen molar-refractivity contribution in [1.82, 2.24) is 29.8 Å². The minimum atomic E-state index is -4.42. The molecule has 1 aliphatic rings. The molecule has 4 rings (SSSR count). The van der Waals surface area contributed by atoms with Gasteiger partial charge in [0, 0.05) is 25.5 Å². The second kappa shape index (κ2) is 6.67. The van der Waals surface area contributed by atoms with Crippen molar-refractivity contribution in [3.63, 3.8) is 0 Å². The number of hydrogen-bond acceptors (Lipinski definition) is 5. The molecule has 0 aromatic carbocycles. The Labute approximate surface area is 153 Å². The van der Waals surface area contributed by atoms with E-state index in [0.717, 1.165) is 31.1 Å². The van der Waals surface area contributed by atoms with Crippen LogP contribution in [0.15, 0.2) is 36.7 Å². The number of alkyl halides is 3. The first-order valence-corrected chi connectivity index (χ1v) is 8.64. The normalized spacial score (nSPS) is 18.1. The molecule has 0 N–H and O–H groups in total. The fraction of sp³-hybridized carbons (Fsp3) is 0.412. The first-order valence-electron chi connectivity index (χ1n) is 8.64. The maximum absolute atomic E-state index is 12.8. The summed E-state index contributed by atoms with van der Waals surface area (Å²) in [4.78, 5) is 2.02. The molecule has 1 atom stereocenters. The number of halogens is 3. The summed E-state index contributed by atoms with van der Waals surface area (Å²) in [5.41, 5.74) is 0.0236. The monoisotopic (exact) mass is 377 g/mol. The lowest BCUT2D eigenvalue weighted by Crippen LogP contribution is -2.37. The van der Waals surface area contributed by atoms with Crippen molar-refractivity contribution >= 4 is 5.82 Å². The van der Waals surface area contributed by atoms with Crippen LogP contribution in [0.2, 0.25) is 0 Å². The van der Waals surface area contributed by atoms with Crippen LogP contribution in [0.3, 0.4) is 0 Å². The SMILES string of the molecule is Cc1ccn(-c2ccc(N3CCCC(n4ccc(C(F)(F)F)n4)C3)nn2)n1. The highest BCUT2D eigenvalue weighted by atomic mass is 19.4. The highest BCUT2D eigenvalue weighted by Crippen LogP contribution is 2.30. The average molecular weight is 377 g/mol. The molecule has 0 saturated carbocycles. The zero-order valence-corrected chi connectivity index (χ0v) is 14.6. The first-order chi connectivity index (χ1) is 12.9. The number of aryl methyl sites for hydroxylation is 1. The van der Waals surface area contributed by atoms with Crippen molar-refractivity contribution in [3.8, 4) is 5.82 Å². The number of anilines is 1. The van der Waals surface area contributed by atoms with Crippen LogP contribution in [0.5, 0.6) is 0 Å². The first kappa shape index (κ1) is 17.5. The van der Waals surface area contributed by atoms with E-state index in [1.54, 1.807) is 4.68 Å². The van der Waals surface area contributed by atoms with E-state index in [1.807, 2.05) is 36.2 Å².